The van der Waals surface area contributed by atoms with Crippen molar-refractivity contribution in [3.8, 4) is 11.1 Å². The molecule has 31 heavy (non-hydrogen) atoms. The maximum Gasteiger partial charge on any atom is 0.412 e. The van der Waals surface area contributed by atoms with Crippen LogP contribution in [0.25, 0.3) is 21.9 Å². The lowest BCUT2D eigenvalue weighted by atomic mass is 9.98. The third kappa shape index (κ3) is 5.33. The van der Waals surface area contributed by atoms with Gasteiger partial charge in [0.25, 0.3) is 0 Å². The number of hydrogen-bond acceptors (Lipinski definition) is 5. The summed E-state index contributed by atoms with van der Waals surface area (Å²) in [6.45, 7) is 7.14. The molecule has 1 fully saturated rings. The number of ether oxygens (including phenoxy) is 2. The van der Waals surface area contributed by atoms with Gasteiger partial charge in [0.2, 0.25) is 0 Å². The number of rotatable bonds is 4. The van der Waals surface area contributed by atoms with Crippen LogP contribution < -0.4 is 10.6 Å². The zero-order valence-corrected chi connectivity index (χ0v) is 18.3. The number of amides is 1. The zero-order chi connectivity index (χ0) is 21.8. The summed E-state index contributed by atoms with van der Waals surface area (Å²) in [5.74, 6) is 0.878. The molecule has 3 aromatic rings. The molecule has 0 unspecified atom stereocenters. The lowest BCUT2D eigenvalue weighted by Gasteiger charge is -2.23. The van der Waals surface area contributed by atoms with E-state index in [1.165, 1.54) is 0 Å². The average Bonchev–Trinajstić information content (AvgIpc) is 2.74. The number of hydrogen-bond donors (Lipinski definition) is 2. The highest BCUT2D eigenvalue weighted by Crippen LogP contribution is 2.33. The first-order valence-electron chi connectivity index (χ1n) is 10.7. The molecule has 1 aliphatic rings. The van der Waals surface area contributed by atoms with Gasteiger partial charge in [-0.2, -0.15) is 0 Å². The van der Waals surface area contributed by atoms with Crippen molar-refractivity contribution in [1.29, 1.82) is 0 Å². The summed E-state index contributed by atoms with van der Waals surface area (Å²) in [4.78, 5) is 16.9. The van der Waals surface area contributed by atoms with Crippen molar-refractivity contribution in [2.75, 3.05) is 23.8 Å². The number of pyridine rings is 1. The van der Waals surface area contributed by atoms with Gasteiger partial charge >= 0.3 is 6.09 Å². The quantitative estimate of drug-likeness (QED) is 0.556. The van der Waals surface area contributed by atoms with Crippen molar-refractivity contribution in [1.82, 2.24) is 4.98 Å². The van der Waals surface area contributed by atoms with Gasteiger partial charge < -0.3 is 14.8 Å². The topological polar surface area (TPSA) is 72.5 Å². The minimum atomic E-state index is -0.550. The number of aromatic nitrogens is 1. The van der Waals surface area contributed by atoms with Crippen LogP contribution in [0, 0.1) is 0 Å². The SMILES string of the molecule is CC(C)(C)OC(=O)Nc1ccc(-c2ccc(NC3CCOCC3)nc2)c2ccccc12. The highest BCUT2D eigenvalue weighted by atomic mass is 16.6. The van der Waals surface area contributed by atoms with E-state index >= 15 is 0 Å². The van der Waals surface area contributed by atoms with Gasteiger partial charge in [0.15, 0.2) is 0 Å². The summed E-state index contributed by atoms with van der Waals surface area (Å²) in [5, 5.41) is 8.37. The fraction of sp³-hybridized carbons (Fsp3) is 0.360. The first-order chi connectivity index (χ1) is 14.9. The van der Waals surface area contributed by atoms with Crippen LogP contribution in [0.2, 0.25) is 0 Å². The Bertz CT molecular complexity index is 1050. The number of benzene rings is 2. The minimum absolute atomic E-state index is 0.408. The number of anilines is 2. The molecule has 0 spiro atoms. The van der Waals surface area contributed by atoms with Crippen molar-refractivity contribution >= 4 is 28.4 Å². The molecule has 2 N–H and O–H groups in total. The fourth-order valence-corrected chi connectivity index (χ4v) is 3.76. The van der Waals surface area contributed by atoms with Crippen LogP contribution in [0.1, 0.15) is 33.6 Å². The maximum absolute atomic E-state index is 12.3. The molecule has 1 saturated heterocycles. The van der Waals surface area contributed by atoms with E-state index in [0.29, 0.717) is 6.04 Å². The van der Waals surface area contributed by atoms with Gasteiger partial charge in [-0.15, -0.1) is 0 Å². The van der Waals surface area contributed by atoms with Crippen molar-refractivity contribution in [3.05, 3.63) is 54.7 Å². The van der Waals surface area contributed by atoms with Gasteiger partial charge in [-0.05, 0) is 62.8 Å². The lowest BCUT2D eigenvalue weighted by Crippen LogP contribution is -2.28. The Morgan fingerprint density at radius 1 is 1.03 bits per heavy atom. The molecule has 0 atom stereocenters. The summed E-state index contributed by atoms with van der Waals surface area (Å²) in [6.07, 6.45) is 3.43. The first kappa shape index (κ1) is 21.1. The van der Waals surface area contributed by atoms with E-state index in [2.05, 4.69) is 27.8 Å². The number of nitrogens with one attached hydrogen (secondary N) is 2. The summed E-state index contributed by atoms with van der Waals surface area (Å²) < 4.78 is 10.8. The summed E-state index contributed by atoms with van der Waals surface area (Å²) >= 11 is 0. The van der Waals surface area contributed by atoms with Crippen LogP contribution in [0.4, 0.5) is 16.3 Å². The standard InChI is InChI=1S/C25H29N3O3/c1-25(2,3)31-24(29)28-22-10-9-19(20-6-4-5-7-21(20)22)17-8-11-23(26-16-17)27-18-12-14-30-15-13-18/h4-11,16,18H,12-15H2,1-3H3,(H,26,27)(H,28,29). The number of carbonyl (C=O) groups excluding carboxylic acids is 1. The third-order valence-electron chi connectivity index (χ3n) is 5.21. The van der Waals surface area contributed by atoms with E-state index in [9.17, 15) is 4.79 Å². The van der Waals surface area contributed by atoms with Crippen LogP contribution in [0.5, 0.6) is 0 Å². The normalized spacial score (nSPS) is 14.9. The Morgan fingerprint density at radius 3 is 2.45 bits per heavy atom. The van der Waals surface area contributed by atoms with Crippen LogP contribution in [0.3, 0.4) is 0 Å². The lowest BCUT2D eigenvalue weighted by molar-refractivity contribution is 0.0636. The highest BCUT2D eigenvalue weighted by molar-refractivity contribution is 6.06. The van der Waals surface area contributed by atoms with Gasteiger partial charge in [-0.1, -0.05) is 30.3 Å². The largest absolute Gasteiger partial charge is 0.444 e. The van der Waals surface area contributed by atoms with Gasteiger partial charge in [-0.25, -0.2) is 9.78 Å². The Kier molecular flexibility index (Phi) is 6.09. The predicted octanol–water partition coefficient (Wildman–Crippen LogP) is 5.84. The van der Waals surface area contributed by atoms with Crippen molar-refractivity contribution in [2.45, 2.75) is 45.3 Å². The van der Waals surface area contributed by atoms with Gasteiger partial charge in [0.1, 0.15) is 11.4 Å². The second-order valence-electron chi connectivity index (χ2n) is 8.80. The van der Waals surface area contributed by atoms with E-state index in [1.54, 1.807) is 0 Å². The van der Waals surface area contributed by atoms with Gasteiger partial charge in [0, 0.05) is 36.4 Å². The van der Waals surface area contributed by atoms with E-state index in [-0.39, 0.29) is 0 Å². The predicted molar refractivity (Wildman–Crippen MR) is 124 cm³/mol. The Hall–Kier alpha value is -3.12. The van der Waals surface area contributed by atoms with Crippen LogP contribution in [0.15, 0.2) is 54.7 Å². The summed E-state index contributed by atoms with van der Waals surface area (Å²) in [5.41, 5.74) is 2.26. The number of fused-ring (bicyclic) bond motifs is 1. The fourth-order valence-electron chi connectivity index (χ4n) is 3.76. The van der Waals surface area contributed by atoms with Gasteiger partial charge in [0.05, 0.1) is 5.69 Å². The summed E-state index contributed by atoms with van der Waals surface area (Å²) in [6, 6.07) is 16.4. The number of nitrogens with zero attached hydrogens (tertiary/aromatic N) is 1. The van der Waals surface area contributed by atoms with Crippen molar-refractivity contribution < 1.29 is 14.3 Å². The van der Waals surface area contributed by atoms with Crippen LogP contribution in [-0.2, 0) is 9.47 Å². The monoisotopic (exact) mass is 419 g/mol. The molecular formula is C25H29N3O3. The van der Waals surface area contributed by atoms with E-state index in [1.807, 2.05) is 63.4 Å². The molecule has 1 amide bonds. The Morgan fingerprint density at radius 2 is 1.77 bits per heavy atom. The van der Waals surface area contributed by atoms with Crippen LogP contribution >= 0.6 is 0 Å². The van der Waals surface area contributed by atoms with E-state index in [0.717, 1.165) is 59.5 Å². The molecule has 0 aliphatic carbocycles. The molecular weight excluding hydrogens is 390 g/mol. The van der Waals surface area contributed by atoms with Crippen LogP contribution in [-0.4, -0.2) is 35.9 Å². The summed E-state index contributed by atoms with van der Waals surface area (Å²) in [7, 11) is 0. The van der Waals surface area contributed by atoms with Gasteiger partial charge in [-0.3, -0.25) is 5.32 Å². The third-order valence-corrected chi connectivity index (χ3v) is 5.21. The van der Waals surface area contributed by atoms with Crippen molar-refractivity contribution in [3.63, 3.8) is 0 Å². The highest BCUT2D eigenvalue weighted by Gasteiger charge is 2.18. The Balaban J connectivity index is 1.57. The minimum Gasteiger partial charge on any atom is -0.444 e. The molecule has 4 rings (SSSR count). The molecule has 2 heterocycles. The molecule has 162 valence electrons. The molecule has 6 heteroatoms. The molecule has 0 saturated carbocycles. The maximum atomic E-state index is 12.3. The molecule has 0 bridgehead atoms. The molecule has 2 aromatic carbocycles. The smallest absolute Gasteiger partial charge is 0.412 e. The second kappa shape index (κ2) is 8.94. The molecule has 0 radical (unpaired) electrons. The van der Waals surface area contributed by atoms with Crippen molar-refractivity contribution in [2.24, 2.45) is 0 Å². The Labute approximate surface area is 183 Å². The average molecular weight is 420 g/mol. The zero-order valence-electron chi connectivity index (χ0n) is 18.3. The van der Waals surface area contributed by atoms with E-state index < -0.39 is 11.7 Å². The molecule has 1 aromatic heterocycles. The second-order valence-corrected chi connectivity index (χ2v) is 8.80. The van der Waals surface area contributed by atoms with E-state index in [4.69, 9.17) is 9.47 Å². The number of carbonyl (C=O) groups is 1. The first-order valence-corrected chi connectivity index (χ1v) is 10.7. The molecule has 6 nitrogen and oxygen atoms in total. The molecule has 1 aliphatic heterocycles.